The summed E-state index contributed by atoms with van der Waals surface area (Å²) < 4.78 is 0. The second-order valence-electron chi connectivity index (χ2n) is 5.28. The Bertz CT molecular complexity index is 611. The molecule has 20 heavy (non-hydrogen) atoms. The Balaban J connectivity index is 1.69. The van der Waals surface area contributed by atoms with Crippen molar-refractivity contribution in [3.63, 3.8) is 0 Å². The van der Waals surface area contributed by atoms with Crippen LogP contribution in [0, 0.1) is 0 Å². The molecule has 0 unspecified atom stereocenters. The van der Waals surface area contributed by atoms with Gasteiger partial charge in [-0.15, -0.1) is 0 Å². The van der Waals surface area contributed by atoms with Gasteiger partial charge >= 0.3 is 0 Å². The summed E-state index contributed by atoms with van der Waals surface area (Å²) in [6.07, 6.45) is 2.11. The molecule has 0 spiro atoms. The zero-order valence-electron chi connectivity index (χ0n) is 11.5. The van der Waals surface area contributed by atoms with Crippen LogP contribution in [0.4, 0.5) is 11.4 Å². The molecule has 0 bridgehead atoms. The summed E-state index contributed by atoms with van der Waals surface area (Å²) in [5.41, 5.74) is 4.75. The van der Waals surface area contributed by atoms with E-state index in [0.717, 1.165) is 24.2 Å². The van der Waals surface area contributed by atoms with Crippen molar-refractivity contribution in [3.8, 4) is 0 Å². The van der Waals surface area contributed by atoms with Crippen LogP contribution in [-0.4, -0.2) is 11.9 Å². The lowest BCUT2D eigenvalue weighted by Gasteiger charge is -2.14. The Kier molecular flexibility index (Phi) is 3.42. The number of carbonyl (C=O) groups is 1. The molecule has 0 saturated heterocycles. The maximum atomic E-state index is 11.1. The molecular formula is C17H18N2O. The third-order valence-corrected chi connectivity index (χ3v) is 3.60. The Labute approximate surface area is 119 Å². The van der Waals surface area contributed by atoms with Crippen LogP contribution in [0.15, 0.2) is 48.5 Å². The minimum Gasteiger partial charge on any atom is -0.382 e. The van der Waals surface area contributed by atoms with E-state index < -0.39 is 0 Å². The summed E-state index contributed by atoms with van der Waals surface area (Å²) in [5, 5.41) is 6.36. The normalized spacial score (nSPS) is 13.8. The highest BCUT2D eigenvalue weighted by Crippen LogP contribution is 2.25. The zero-order chi connectivity index (χ0) is 13.9. The van der Waals surface area contributed by atoms with Crippen LogP contribution < -0.4 is 10.6 Å². The predicted molar refractivity (Wildman–Crippen MR) is 82.0 cm³/mol. The van der Waals surface area contributed by atoms with Crippen molar-refractivity contribution in [2.45, 2.75) is 25.8 Å². The van der Waals surface area contributed by atoms with Crippen LogP contribution in [-0.2, 0) is 17.6 Å². The Morgan fingerprint density at radius 3 is 2.30 bits per heavy atom. The fourth-order valence-electron chi connectivity index (χ4n) is 2.79. The predicted octanol–water partition coefficient (Wildman–Crippen LogP) is 3.22. The Morgan fingerprint density at radius 2 is 1.65 bits per heavy atom. The van der Waals surface area contributed by atoms with E-state index in [1.165, 1.54) is 18.1 Å². The van der Waals surface area contributed by atoms with E-state index in [9.17, 15) is 4.79 Å². The molecule has 0 heterocycles. The SMILES string of the molecule is CC(=O)Nc1cccc(NC2Cc3ccccc3C2)c1. The Morgan fingerprint density at radius 1 is 1.00 bits per heavy atom. The molecule has 0 aromatic heterocycles. The van der Waals surface area contributed by atoms with Crippen molar-refractivity contribution in [1.82, 2.24) is 0 Å². The molecule has 3 nitrogen and oxygen atoms in total. The van der Waals surface area contributed by atoms with Gasteiger partial charge in [-0.05, 0) is 42.2 Å². The van der Waals surface area contributed by atoms with Gasteiger partial charge in [0.2, 0.25) is 5.91 Å². The summed E-state index contributed by atoms with van der Waals surface area (Å²) in [4.78, 5) is 11.1. The van der Waals surface area contributed by atoms with Gasteiger partial charge < -0.3 is 10.6 Å². The van der Waals surface area contributed by atoms with Crippen molar-refractivity contribution < 1.29 is 4.79 Å². The zero-order valence-corrected chi connectivity index (χ0v) is 11.5. The van der Waals surface area contributed by atoms with Gasteiger partial charge in [0.25, 0.3) is 0 Å². The molecule has 3 rings (SSSR count). The summed E-state index contributed by atoms with van der Waals surface area (Å²) in [6.45, 7) is 1.52. The van der Waals surface area contributed by atoms with Gasteiger partial charge in [0.05, 0.1) is 0 Å². The number of nitrogens with one attached hydrogen (secondary N) is 2. The highest BCUT2D eigenvalue weighted by Gasteiger charge is 2.20. The lowest BCUT2D eigenvalue weighted by molar-refractivity contribution is -0.114. The maximum Gasteiger partial charge on any atom is 0.221 e. The number of hydrogen-bond acceptors (Lipinski definition) is 2. The van der Waals surface area contributed by atoms with Crippen LogP contribution >= 0.6 is 0 Å². The number of hydrogen-bond donors (Lipinski definition) is 2. The van der Waals surface area contributed by atoms with Crippen LogP contribution in [0.3, 0.4) is 0 Å². The smallest absolute Gasteiger partial charge is 0.221 e. The highest BCUT2D eigenvalue weighted by atomic mass is 16.1. The molecule has 2 aromatic carbocycles. The third kappa shape index (κ3) is 2.82. The lowest BCUT2D eigenvalue weighted by atomic mass is 10.1. The molecule has 0 aliphatic heterocycles. The molecule has 102 valence electrons. The molecule has 0 radical (unpaired) electrons. The first-order chi connectivity index (χ1) is 9.70. The number of rotatable bonds is 3. The van der Waals surface area contributed by atoms with Gasteiger partial charge in [-0.2, -0.15) is 0 Å². The lowest BCUT2D eigenvalue weighted by Crippen LogP contribution is -2.19. The fourth-order valence-corrected chi connectivity index (χ4v) is 2.79. The third-order valence-electron chi connectivity index (χ3n) is 3.60. The van der Waals surface area contributed by atoms with E-state index >= 15 is 0 Å². The standard InChI is InChI=1S/C17H18N2O/c1-12(20)18-15-7-4-8-16(11-15)19-17-9-13-5-2-3-6-14(13)10-17/h2-8,11,17,19H,9-10H2,1H3,(H,18,20). The Hall–Kier alpha value is -2.29. The molecule has 0 atom stereocenters. The molecule has 3 heteroatoms. The van der Waals surface area contributed by atoms with E-state index in [1.54, 1.807) is 0 Å². The van der Waals surface area contributed by atoms with Crippen LogP contribution in [0.25, 0.3) is 0 Å². The molecular weight excluding hydrogens is 248 g/mol. The van der Waals surface area contributed by atoms with Gasteiger partial charge in [-0.3, -0.25) is 4.79 Å². The minimum absolute atomic E-state index is 0.0459. The quantitative estimate of drug-likeness (QED) is 0.895. The number of amides is 1. The molecule has 1 aliphatic carbocycles. The van der Waals surface area contributed by atoms with Crippen LogP contribution in [0.5, 0.6) is 0 Å². The average Bonchev–Trinajstić information content (AvgIpc) is 2.80. The molecule has 0 fully saturated rings. The van der Waals surface area contributed by atoms with Crippen molar-refractivity contribution >= 4 is 17.3 Å². The van der Waals surface area contributed by atoms with E-state index in [1.807, 2.05) is 24.3 Å². The van der Waals surface area contributed by atoms with Gasteiger partial charge in [0.15, 0.2) is 0 Å². The number of benzene rings is 2. The number of fused-ring (bicyclic) bond motifs is 1. The summed E-state index contributed by atoms with van der Waals surface area (Å²) in [5.74, 6) is -0.0459. The molecule has 2 N–H and O–H groups in total. The van der Waals surface area contributed by atoms with Crippen molar-refractivity contribution in [1.29, 1.82) is 0 Å². The summed E-state index contributed by atoms with van der Waals surface area (Å²) >= 11 is 0. The van der Waals surface area contributed by atoms with Gasteiger partial charge in [0.1, 0.15) is 0 Å². The minimum atomic E-state index is -0.0459. The summed E-state index contributed by atoms with van der Waals surface area (Å²) in [7, 11) is 0. The van der Waals surface area contributed by atoms with Crippen LogP contribution in [0.1, 0.15) is 18.1 Å². The van der Waals surface area contributed by atoms with E-state index in [-0.39, 0.29) is 5.91 Å². The van der Waals surface area contributed by atoms with Crippen LogP contribution in [0.2, 0.25) is 0 Å². The van der Waals surface area contributed by atoms with Gasteiger partial charge in [0, 0.05) is 24.3 Å². The largest absolute Gasteiger partial charge is 0.382 e. The van der Waals surface area contributed by atoms with Gasteiger partial charge in [-0.25, -0.2) is 0 Å². The maximum absolute atomic E-state index is 11.1. The number of carbonyl (C=O) groups excluding carboxylic acids is 1. The average molecular weight is 266 g/mol. The first-order valence-corrected chi connectivity index (χ1v) is 6.92. The van der Waals surface area contributed by atoms with E-state index in [0.29, 0.717) is 6.04 Å². The van der Waals surface area contributed by atoms with Crippen molar-refractivity contribution in [3.05, 3.63) is 59.7 Å². The van der Waals surface area contributed by atoms with Crippen molar-refractivity contribution in [2.24, 2.45) is 0 Å². The first-order valence-electron chi connectivity index (χ1n) is 6.92. The fraction of sp³-hybridized carbons (Fsp3) is 0.235. The van der Waals surface area contributed by atoms with E-state index in [4.69, 9.17) is 0 Å². The van der Waals surface area contributed by atoms with E-state index in [2.05, 4.69) is 34.9 Å². The highest BCUT2D eigenvalue weighted by molar-refractivity contribution is 5.89. The molecule has 2 aromatic rings. The van der Waals surface area contributed by atoms with Gasteiger partial charge in [-0.1, -0.05) is 30.3 Å². The topological polar surface area (TPSA) is 41.1 Å². The summed E-state index contributed by atoms with van der Waals surface area (Å²) in [6, 6.07) is 16.9. The second-order valence-corrected chi connectivity index (χ2v) is 5.28. The second kappa shape index (κ2) is 5.37. The molecule has 1 amide bonds. The van der Waals surface area contributed by atoms with Crippen molar-refractivity contribution in [2.75, 3.05) is 10.6 Å². The number of anilines is 2. The first kappa shape index (κ1) is 12.7. The monoisotopic (exact) mass is 266 g/mol. The molecule has 0 saturated carbocycles. The molecule has 1 aliphatic rings.